The van der Waals surface area contributed by atoms with Crippen molar-refractivity contribution < 1.29 is 18.6 Å². The Kier molecular flexibility index (Phi) is 6.55. The van der Waals surface area contributed by atoms with Crippen molar-refractivity contribution in [1.82, 2.24) is 4.98 Å². The van der Waals surface area contributed by atoms with Crippen LogP contribution in [0, 0.1) is 0 Å². The highest BCUT2D eigenvalue weighted by Crippen LogP contribution is 2.40. The summed E-state index contributed by atoms with van der Waals surface area (Å²) in [6.07, 6.45) is 3.19. The second-order valence-electron chi connectivity index (χ2n) is 9.37. The number of aliphatic hydroxyl groups excluding tert-OH is 1. The molecule has 3 aromatic carbocycles. The van der Waals surface area contributed by atoms with E-state index in [0.717, 1.165) is 17.5 Å². The molecule has 0 amide bonds. The van der Waals surface area contributed by atoms with Crippen LogP contribution in [0.25, 0.3) is 10.9 Å². The van der Waals surface area contributed by atoms with Gasteiger partial charge in [-0.2, -0.15) is 0 Å². The Balaban J connectivity index is 1.61. The molecule has 4 aromatic rings. The van der Waals surface area contributed by atoms with E-state index in [0.29, 0.717) is 48.1 Å². The third kappa shape index (κ3) is 4.39. The molecule has 0 atom stereocenters. The Morgan fingerprint density at radius 2 is 1.61 bits per heavy atom. The Morgan fingerprint density at radius 1 is 0.944 bits per heavy atom. The van der Waals surface area contributed by atoms with Crippen molar-refractivity contribution >= 4 is 26.4 Å². The Hall–Kier alpha value is -3.26. The molecule has 0 unspecified atom stereocenters. The SMILES string of the molecule is CCc1ccc(S(=O)(=O)c2cnc3ccc(CO)cc3c2N2CCC(O)(c3ccccc3)CC2)cc1. The van der Waals surface area contributed by atoms with E-state index in [1.807, 2.05) is 60.4 Å². The molecule has 0 radical (unpaired) electrons. The third-order valence-electron chi connectivity index (χ3n) is 7.20. The van der Waals surface area contributed by atoms with Crippen molar-refractivity contribution in [2.75, 3.05) is 18.0 Å². The van der Waals surface area contributed by atoms with E-state index < -0.39 is 15.4 Å². The van der Waals surface area contributed by atoms with Crippen LogP contribution in [0.4, 0.5) is 5.69 Å². The van der Waals surface area contributed by atoms with Crippen molar-refractivity contribution in [3.63, 3.8) is 0 Å². The number of pyridine rings is 1. The van der Waals surface area contributed by atoms with Crippen molar-refractivity contribution in [3.05, 3.63) is 95.7 Å². The number of aryl methyl sites for hydroxylation is 1. The number of sulfone groups is 1. The lowest BCUT2D eigenvalue weighted by atomic mass is 9.84. The molecule has 0 aliphatic carbocycles. The molecule has 36 heavy (non-hydrogen) atoms. The molecule has 1 aliphatic heterocycles. The van der Waals surface area contributed by atoms with E-state index in [1.54, 1.807) is 24.3 Å². The van der Waals surface area contributed by atoms with Crippen molar-refractivity contribution in [2.24, 2.45) is 0 Å². The molecule has 1 aliphatic rings. The van der Waals surface area contributed by atoms with E-state index in [-0.39, 0.29) is 16.4 Å². The fourth-order valence-corrected chi connectivity index (χ4v) is 6.43. The summed E-state index contributed by atoms with van der Waals surface area (Å²) < 4.78 is 27.8. The second kappa shape index (κ2) is 9.65. The lowest BCUT2D eigenvalue weighted by molar-refractivity contribution is 0.0117. The van der Waals surface area contributed by atoms with E-state index in [2.05, 4.69) is 4.98 Å². The number of piperidine rings is 1. The van der Waals surface area contributed by atoms with Gasteiger partial charge in [0.15, 0.2) is 0 Å². The van der Waals surface area contributed by atoms with Crippen LogP contribution in [0.1, 0.15) is 36.5 Å². The van der Waals surface area contributed by atoms with Gasteiger partial charge in [0.05, 0.1) is 28.3 Å². The zero-order valence-electron chi connectivity index (χ0n) is 20.3. The summed E-state index contributed by atoms with van der Waals surface area (Å²) in [6, 6.07) is 22.0. The maximum atomic E-state index is 13.9. The van der Waals surface area contributed by atoms with Crippen LogP contribution in [0.3, 0.4) is 0 Å². The Morgan fingerprint density at radius 3 is 2.25 bits per heavy atom. The second-order valence-corrected chi connectivity index (χ2v) is 11.3. The molecule has 6 nitrogen and oxygen atoms in total. The van der Waals surface area contributed by atoms with Gasteiger partial charge in [-0.15, -0.1) is 0 Å². The van der Waals surface area contributed by atoms with Crippen LogP contribution in [0.15, 0.2) is 88.8 Å². The first-order valence-electron chi connectivity index (χ1n) is 12.2. The van der Waals surface area contributed by atoms with Gasteiger partial charge in [-0.1, -0.05) is 55.5 Å². The molecule has 0 spiro atoms. The molecule has 0 bridgehead atoms. The standard InChI is InChI=1S/C29H30N2O4S/c1-2-21-8-11-24(12-9-21)36(34,35)27-19-30-26-13-10-22(20-32)18-25(26)28(27)31-16-14-29(33,15-17-31)23-6-4-3-5-7-23/h3-13,18-19,32-33H,2,14-17,20H2,1H3. The maximum absolute atomic E-state index is 13.9. The number of aliphatic hydroxyl groups is 2. The average Bonchev–Trinajstić information content (AvgIpc) is 2.93. The highest BCUT2D eigenvalue weighted by atomic mass is 32.2. The van der Waals surface area contributed by atoms with Crippen LogP contribution in [-0.2, 0) is 28.5 Å². The molecule has 2 N–H and O–H groups in total. The first-order valence-corrected chi connectivity index (χ1v) is 13.7. The molecule has 2 heterocycles. The van der Waals surface area contributed by atoms with Gasteiger partial charge in [0.25, 0.3) is 0 Å². The van der Waals surface area contributed by atoms with Crippen molar-refractivity contribution in [3.8, 4) is 0 Å². The Bertz CT molecular complexity index is 1480. The molecule has 5 rings (SSSR count). The highest BCUT2D eigenvalue weighted by molar-refractivity contribution is 7.91. The normalized spacial score (nSPS) is 15.8. The number of fused-ring (bicyclic) bond motifs is 1. The van der Waals surface area contributed by atoms with Gasteiger partial charge in [0, 0.05) is 24.7 Å². The minimum absolute atomic E-state index is 0.138. The quantitative estimate of drug-likeness (QED) is 0.400. The predicted molar refractivity (Wildman–Crippen MR) is 141 cm³/mol. The number of nitrogens with zero attached hydrogens (tertiary/aromatic N) is 2. The minimum Gasteiger partial charge on any atom is -0.392 e. The summed E-state index contributed by atoms with van der Waals surface area (Å²) in [5.41, 5.74) is 2.89. The molecule has 7 heteroatoms. The first kappa shape index (κ1) is 24.4. The molecule has 0 saturated carbocycles. The zero-order valence-corrected chi connectivity index (χ0v) is 21.1. The molecular formula is C29H30N2O4S. The summed E-state index contributed by atoms with van der Waals surface area (Å²) in [4.78, 5) is 6.87. The van der Waals surface area contributed by atoms with Gasteiger partial charge < -0.3 is 15.1 Å². The fourth-order valence-electron chi connectivity index (χ4n) is 5.00. The number of hydrogen-bond donors (Lipinski definition) is 2. The number of hydrogen-bond acceptors (Lipinski definition) is 6. The maximum Gasteiger partial charge on any atom is 0.210 e. The minimum atomic E-state index is -3.87. The van der Waals surface area contributed by atoms with Gasteiger partial charge >= 0.3 is 0 Å². The van der Waals surface area contributed by atoms with Gasteiger partial charge in [0.1, 0.15) is 4.90 Å². The van der Waals surface area contributed by atoms with E-state index in [4.69, 9.17) is 0 Å². The third-order valence-corrected chi connectivity index (χ3v) is 8.97. The zero-order chi connectivity index (χ0) is 25.3. The number of benzene rings is 3. The number of aromatic nitrogens is 1. The summed E-state index contributed by atoms with van der Waals surface area (Å²) in [5.74, 6) is 0. The molecule has 186 valence electrons. The summed E-state index contributed by atoms with van der Waals surface area (Å²) in [6.45, 7) is 2.83. The molecule has 1 fully saturated rings. The van der Waals surface area contributed by atoms with Crippen LogP contribution >= 0.6 is 0 Å². The smallest absolute Gasteiger partial charge is 0.210 e. The lowest BCUT2D eigenvalue weighted by Crippen LogP contribution is -2.43. The molecule has 1 aromatic heterocycles. The fraction of sp³-hybridized carbons (Fsp3) is 0.276. The summed E-state index contributed by atoms with van der Waals surface area (Å²) >= 11 is 0. The number of rotatable bonds is 6. The summed E-state index contributed by atoms with van der Waals surface area (Å²) in [5, 5.41) is 21.8. The van der Waals surface area contributed by atoms with Crippen LogP contribution in [-0.4, -0.2) is 36.7 Å². The predicted octanol–water partition coefficient (Wildman–Crippen LogP) is 4.61. The van der Waals surface area contributed by atoms with Crippen LogP contribution in [0.2, 0.25) is 0 Å². The van der Waals surface area contributed by atoms with Crippen molar-refractivity contribution in [1.29, 1.82) is 0 Å². The largest absolute Gasteiger partial charge is 0.392 e. The van der Waals surface area contributed by atoms with Gasteiger partial charge in [-0.25, -0.2) is 8.42 Å². The summed E-state index contributed by atoms with van der Waals surface area (Å²) in [7, 11) is -3.87. The molecule has 1 saturated heterocycles. The first-order chi connectivity index (χ1) is 17.4. The van der Waals surface area contributed by atoms with Gasteiger partial charge in [0.2, 0.25) is 9.84 Å². The van der Waals surface area contributed by atoms with Crippen LogP contribution in [0.5, 0.6) is 0 Å². The monoisotopic (exact) mass is 502 g/mol. The van der Waals surface area contributed by atoms with Crippen LogP contribution < -0.4 is 4.90 Å². The lowest BCUT2D eigenvalue weighted by Gasteiger charge is -2.40. The van der Waals surface area contributed by atoms with E-state index >= 15 is 0 Å². The van der Waals surface area contributed by atoms with E-state index in [1.165, 1.54) is 6.20 Å². The van der Waals surface area contributed by atoms with E-state index in [9.17, 15) is 18.6 Å². The molecular weight excluding hydrogens is 472 g/mol. The topological polar surface area (TPSA) is 90.7 Å². The van der Waals surface area contributed by atoms with Gasteiger partial charge in [-0.05, 0) is 60.2 Å². The Labute approximate surface area is 211 Å². The average molecular weight is 503 g/mol. The van der Waals surface area contributed by atoms with Crippen molar-refractivity contribution in [2.45, 2.75) is 48.2 Å². The van der Waals surface area contributed by atoms with Gasteiger partial charge in [-0.3, -0.25) is 4.98 Å². The number of anilines is 1. The highest BCUT2D eigenvalue weighted by Gasteiger charge is 2.36.